The zero-order valence-corrected chi connectivity index (χ0v) is 10.9. The molecule has 104 valence electrons. The molecule has 0 aliphatic carbocycles. The first kappa shape index (κ1) is 14.1. The molecule has 0 unspecified atom stereocenters. The molecular formula is C11H8F2N4O2S. The van der Waals surface area contributed by atoms with Gasteiger partial charge in [0.2, 0.25) is 5.95 Å². The van der Waals surface area contributed by atoms with Crippen LogP contribution >= 0.6 is 11.8 Å². The number of hydrogen-bond acceptors (Lipinski definition) is 6. The number of nitrogen functional groups attached to an aromatic ring is 1. The summed E-state index contributed by atoms with van der Waals surface area (Å²) in [5.41, 5.74) is 5.24. The molecule has 0 saturated carbocycles. The van der Waals surface area contributed by atoms with Gasteiger partial charge in [0.1, 0.15) is 5.69 Å². The number of halogens is 2. The van der Waals surface area contributed by atoms with Crippen LogP contribution in [0.25, 0.3) is 0 Å². The number of nitro groups is 1. The van der Waals surface area contributed by atoms with E-state index in [1.807, 2.05) is 0 Å². The second-order valence-corrected chi connectivity index (χ2v) is 4.82. The third-order valence-corrected chi connectivity index (χ3v) is 3.30. The van der Waals surface area contributed by atoms with Gasteiger partial charge in [-0.25, -0.2) is 13.8 Å². The van der Waals surface area contributed by atoms with Crippen molar-refractivity contribution in [1.82, 2.24) is 9.97 Å². The molecule has 9 heteroatoms. The average molecular weight is 298 g/mol. The lowest BCUT2D eigenvalue weighted by Gasteiger charge is -2.05. The van der Waals surface area contributed by atoms with Crippen LogP contribution < -0.4 is 5.73 Å². The molecule has 1 aromatic heterocycles. The van der Waals surface area contributed by atoms with E-state index in [9.17, 15) is 18.9 Å². The third kappa shape index (κ3) is 2.82. The van der Waals surface area contributed by atoms with Crippen LogP contribution in [-0.2, 0) is 0 Å². The Morgan fingerprint density at radius 1 is 1.30 bits per heavy atom. The third-order valence-electron chi connectivity index (χ3n) is 2.33. The summed E-state index contributed by atoms with van der Waals surface area (Å²) in [6, 6.07) is 3.15. The highest BCUT2D eigenvalue weighted by Crippen LogP contribution is 2.35. The van der Waals surface area contributed by atoms with Gasteiger partial charge in [0.05, 0.1) is 4.92 Å². The van der Waals surface area contributed by atoms with E-state index in [0.717, 1.165) is 23.9 Å². The largest absolute Gasteiger partial charge is 0.368 e. The van der Waals surface area contributed by atoms with E-state index in [1.54, 1.807) is 0 Å². The Hall–Kier alpha value is -2.29. The maximum Gasteiger partial charge on any atom is 0.322 e. The molecule has 1 heterocycles. The quantitative estimate of drug-likeness (QED) is 0.532. The highest BCUT2D eigenvalue weighted by atomic mass is 32.2. The summed E-state index contributed by atoms with van der Waals surface area (Å²) in [6.45, 7) is 1.42. The number of nitrogens with zero attached hydrogens (tertiary/aromatic N) is 3. The molecule has 6 nitrogen and oxygen atoms in total. The van der Waals surface area contributed by atoms with Gasteiger partial charge in [-0.15, -0.1) is 0 Å². The van der Waals surface area contributed by atoms with Crippen molar-refractivity contribution in [3.8, 4) is 0 Å². The topological polar surface area (TPSA) is 94.9 Å². The number of rotatable bonds is 3. The van der Waals surface area contributed by atoms with Crippen molar-refractivity contribution in [2.24, 2.45) is 0 Å². The molecule has 2 N–H and O–H groups in total. The molecule has 20 heavy (non-hydrogen) atoms. The number of nitrogens with two attached hydrogens (primary N) is 1. The minimum atomic E-state index is -1.04. The van der Waals surface area contributed by atoms with E-state index in [2.05, 4.69) is 9.97 Å². The summed E-state index contributed by atoms with van der Waals surface area (Å²) in [6.07, 6.45) is 0. The zero-order valence-electron chi connectivity index (χ0n) is 10.1. The Morgan fingerprint density at radius 3 is 2.60 bits per heavy atom. The molecule has 2 rings (SSSR count). The van der Waals surface area contributed by atoms with Crippen molar-refractivity contribution in [2.75, 3.05) is 5.73 Å². The average Bonchev–Trinajstić information content (AvgIpc) is 2.32. The van der Waals surface area contributed by atoms with Gasteiger partial charge in [0, 0.05) is 4.90 Å². The van der Waals surface area contributed by atoms with Crippen LogP contribution in [-0.4, -0.2) is 14.9 Å². The van der Waals surface area contributed by atoms with Gasteiger partial charge in [-0.2, -0.15) is 4.98 Å². The molecular weight excluding hydrogens is 290 g/mol. The summed E-state index contributed by atoms with van der Waals surface area (Å²) in [4.78, 5) is 18.1. The van der Waals surface area contributed by atoms with E-state index in [1.165, 1.54) is 13.0 Å². The standard InChI is InChI=1S/C11H8F2N4O2S/c1-5-9(17(18)19)10(16-11(14)15-5)20-6-2-3-7(12)8(13)4-6/h2-4H,1H3,(H2,14,15,16). The second kappa shape index (κ2) is 5.37. The summed E-state index contributed by atoms with van der Waals surface area (Å²) in [5, 5.41) is 11.0. The normalized spacial score (nSPS) is 10.6. The van der Waals surface area contributed by atoms with Crippen LogP contribution in [0.5, 0.6) is 0 Å². The number of aryl methyl sites for hydroxylation is 1. The van der Waals surface area contributed by atoms with E-state index in [0.29, 0.717) is 0 Å². The molecule has 0 saturated heterocycles. The predicted molar refractivity (Wildman–Crippen MR) is 68.3 cm³/mol. The van der Waals surface area contributed by atoms with Crippen molar-refractivity contribution in [3.63, 3.8) is 0 Å². The van der Waals surface area contributed by atoms with Gasteiger partial charge in [-0.3, -0.25) is 10.1 Å². The number of aromatic nitrogens is 2. The molecule has 0 atom stereocenters. The van der Waals surface area contributed by atoms with Crippen LogP contribution in [0.4, 0.5) is 20.4 Å². The summed E-state index contributed by atoms with van der Waals surface area (Å²) < 4.78 is 26.0. The molecule has 0 aliphatic heterocycles. The van der Waals surface area contributed by atoms with Crippen molar-refractivity contribution < 1.29 is 13.7 Å². The first-order chi connectivity index (χ1) is 9.38. The van der Waals surface area contributed by atoms with Crippen molar-refractivity contribution in [2.45, 2.75) is 16.8 Å². The van der Waals surface area contributed by atoms with Crippen molar-refractivity contribution >= 4 is 23.4 Å². The highest BCUT2D eigenvalue weighted by Gasteiger charge is 2.22. The van der Waals surface area contributed by atoms with E-state index in [-0.39, 0.29) is 27.3 Å². The minimum absolute atomic E-state index is 0.0222. The molecule has 0 spiro atoms. The molecule has 0 aliphatic rings. The monoisotopic (exact) mass is 298 g/mol. The predicted octanol–water partition coefficient (Wildman–Crippen LogP) is 2.70. The lowest BCUT2D eigenvalue weighted by molar-refractivity contribution is -0.389. The molecule has 0 amide bonds. The smallest absolute Gasteiger partial charge is 0.322 e. The first-order valence-electron chi connectivity index (χ1n) is 5.30. The Bertz CT molecular complexity index is 696. The molecule has 1 aromatic carbocycles. The van der Waals surface area contributed by atoms with E-state index in [4.69, 9.17) is 5.73 Å². The van der Waals surface area contributed by atoms with E-state index >= 15 is 0 Å². The van der Waals surface area contributed by atoms with Crippen molar-refractivity contribution in [1.29, 1.82) is 0 Å². The number of hydrogen-bond donors (Lipinski definition) is 1. The van der Waals surface area contributed by atoms with Crippen LogP contribution in [0.1, 0.15) is 5.69 Å². The Balaban J connectivity index is 2.47. The van der Waals surface area contributed by atoms with Crippen LogP contribution in [0, 0.1) is 28.7 Å². The van der Waals surface area contributed by atoms with Gasteiger partial charge in [-0.1, -0.05) is 11.8 Å². The lowest BCUT2D eigenvalue weighted by Crippen LogP contribution is -2.04. The van der Waals surface area contributed by atoms with Crippen LogP contribution in [0.2, 0.25) is 0 Å². The Labute approximate surface area is 116 Å². The summed E-state index contributed by atoms with van der Waals surface area (Å²) in [5.74, 6) is -2.17. The maximum absolute atomic E-state index is 13.1. The summed E-state index contributed by atoms with van der Waals surface area (Å²) >= 11 is 0.814. The molecule has 0 bridgehead atoms. The van der Waals surface area contributed by atoms with Gasteiger partial charge < -0.3 is 5.73 Å². The van der Waals surface area contributed by atoms with Gasteiger partial charge in [0.15, 0.2) is 16.7 Å². The number of anilines is 1. The lowest BCUT2D eigenvalue weighted by atomic mass is 10.3. The fraction of sp³-hybridized carbons (Fsp3) is 0.0909. The Kier molecular flexibility index (Phi) is 3.79. The van der Waals surface area contributed by atoms with Gasteiger partial charge in [-0.05, 0) is 25.1 Å². The fourth-order valence-electron chi connectivity index (χ4n) is 1.49. The fourth-order valence-corrected chi connectivity index (χ4v) is 2.47. The maximum atomic E-state index is 13.1. The van der Waals surface area contributed by atoms with Gasteiger partial charge >= 0.3 is 5.69 Å². The zero-order chi connectivity index (χ0) is 14.9. The minimum Gasteiger partial charge on any atom is -0.368 e. The molecule has 0 fully saturated rings. The van der Waals surface area contributed by atoms with Crippen molar-refractivity contribution in [3.05, 3.63) is 45.6 Å². The highest BCUT2D eigenvalue weighted by molar-refractivity contribution is 7.99. The first-order valence-corrected chi connectivity index (χ1v) is 6.11. The second-order valence-electron chi connectivity index (χ2n) is 3.76. The molecule has 0 radical (unpaired) electrons. The molecule has 2 aromatic rings. The van der Waals surface area contributed by atoms with Crippen LogP contribution in [0.3, 0.4) is 0 Å². The SMILES string of the molecule is Cc1nc(N)nc(Sc2ccc(F)c(F)c2)c1[N+](=O)[O-]. The Morgan fingerprint density at radius 2 is 2.00 bits per heavy atom. The van der Waals surface area contributed by atoms with Crippen LogP contribution in [0.15, 0.2) is 28.1 Å². The number of benzene rings is 1. The van der Waals surface area contributed by atoms with E-state index < -0.39 is 16.6 Å². The summed E-state index contributed by atoms with van der Waals surface area (Å²) in [7, 11) is 0. The van der Waals surface area contributed by atoms with Gasteiger partial charge in [0.25, 0.3) is 0 Å².